The van der Waals surface area contributed by atoms with Crippen molar-refractivity contribution in [3.05, 3.63) is 71.3 Å². The third-order valence-electron chi connectivity index (χ3n) is 4.11. The summed E-state index contributed by atoms with van der Waals surface area (Å²) in [6.07, 6.45) is 2.11. The number of pyridine rings is 1. The van der Waals surface area contributed by atoms with E-state index >= 15 is 0 Å². The minimum Gasteiger partial charge on any atom is -0.383 e. The zero-order chi connectivity index (χ0) is 16.2. The Labute approximate surface area is 136 Å². The first-order chi connectivity index (χ1) is 11.2. The van der Waals surface area contributed by atoms with Crippen molar-refractivity contribution in [2.45, 2.75) is 26.2 Å². The number of aromatic nitrogens is 1. The minimum atomic E-state index is 0.158. The summed E-state index contributed by atoms with van der Waals surface area (Å²) in [5.74, 6) is 0.730. The maximum atomic E-state index is 12.4. The molecule has 0 amide bonds. The Bertz CT molecular complexity index is 841. The quantitative estimate of drug-likeness (QED) is 0.719. The predicted molar refractivity (Wildman–Crippen MR) is 94.6 cm³/mol. The highest BCUT2D eigenvalue weighted by Gasteiger charge is 2.09. The van der Waals surface area contributed by atoms with Gasteiger partial charge in [0.15, 0.2) is 5.78 Å². The number of Topliss-reactive ketones (excluding diaryl/α,β-unsaturated/α-hetero) is 1. The highest BCUT2D eigenvalue weighted by Crippen LogP contribution is 2.21. The molecule has 2 N–H and O–H groups in total. The summed E-state index contributed by atoms with van der Waals surface area (Å²) in [5, 5.41) is 0.974. The molecule has 3 heteroatoms. The van der Waals surface area contributed by atoms with Crippen LogP contribution in [0.15, 0.2) is 54.6 Å². The molecule has 0 aliphatic heterocycles. The molecule has 1 aromatic heterocycles. The summed E-state index contributed by atoms with van der Waals surface area (Å²) in [7, 11) is 0. The number of carbonyl (C=O) groups is 1. The van der Waals surface area contributed by atoms with Crippen LogP contribution >= 0.6 is 0 Å². The maximum absolute atomic E-state index is 12.4. The van der Waals surface area contributed by atoms with E-state index in [1.165, 1.54) is 5.56 Å². The molecule has 0 unspecified atom stereocenters. The van der Waals surface area contributed by atoms with Gasteiger partial charge in [0, 0.05) is 17.4 Å². The van der Waals surface area contributed by atoms with Crippen LogP contribution < -0.4 is 5.73 Å². The van der Waals surface area contributed by atoms with E-state index in [0.717, 1.165) is 34.9 Å². The fraction of sp³-hybridized carbons (Fsp3) is 0.200. The first-order valence-electron chi connectivity index (χ1n) is 7.93. The second-order valence-corrected chi connectivity index (χ2v) is 5.70. The van der Waals surface area contributed by atoms with Gasteiger partial charge in [-0.15, -0.1) is 0 Å². The third-order valence-corrected chi connectivity index (χ3v) is 4.11. The molecule has 0 aliphatic rings. The fourth-order valence-electron chi connectivity index (χ4n) is 2.74. The predicted octanol–water partition coefficient (Wildman–Crippen LogP) is 4.19. The van der Waals surface area contributed by atoms with Crippen LogP contribution in [0.2, 0.25) is 0 Å². The minimum absolute atomic E-state index is 0.158. The van der Waals surface area contributed by atoms with Crippen molar-refractivity contribution >= 4 is 22.5 Å². The monoisotopic (exact) mass is 304 g/mol. The zero-order valence-electron chi connectivity index (χ0n) is 13.3. The maximum Gasteiger partial charge on any atom is 0.163 e. The molecule has 2 aromatic carbocycles. The number of nitrogens with two attached hydrogens (primary N) is 1. The number of hydrogen-bond donors (Lipinski definition) is 1. The number of carbonyl (C=O) groups excluding carboxylic acids is 1. The number of hydrogen-bond acceptors (Lipinski definition) is 3. The van der Waals surface area contributed by atoms with Crippen molar-refractivity contribution in [3.8, 4) is 0 Å². The summed E-state index contributed by atoms with van der Waals surface area (Å²) in [4.78, 5) is 16.8. The lowest BCUT2D eigenvalue weighted by Crippen LogP contribution is -2.02. The number of anilines is 1. The van der Waals surface area contributed by atoms with Gasteiger partial charge in [-0.1, -0.05) is 37.3 Å². The average molecular weight is 304 g/mol. The highest BCUT2D eigenvalue weighted by molar-refractivity contribution is 5.99. The van der Waals surface area contributed by atoms with Crippen LogP contribution in [0, 0.1) is 0 Å². The molecule has 0 spiro atoms. The standard InChI is InChI=1S/C20H20N2O/c1-2-15-12-17-13-16(9-10-18(17)22-20(15)21)19(23)11-8-14-6-4-3-5-7-14/h3-7,9-10,12-13H,2,8,11H2,1H3,(H2,21,22). The Balaban J connectivity index is 1.82. The molecule has 1 heterocycles. The number of ketones is 1. The average Bonchev–Trinajstić information content (AvgIpc) is 2.59. The number of rotatable bonds is 5. The number of fused-ring (bicyclic) bond motifs is 1. The van der Waals surface area contributed by atoms with E-state index in [9.17, 15) is 4.79 Å². The second kappa shape index (κ2) is 6.61. The molecule has 0 aliphatic carbocycles. The van der Waals surface area contributed by atoms with Gasteiger partial charge in [-0.2, -0.15) is 0 Å². The number of nitrogens with zero attached hydrogens (tertiary/aromatic N) is 1. The Hall–Kier alpha value is -2.68. The number of aryl methyl sites for hydroxylation is 2. The van der Waals surface area contributed by atoms with Crippen molar-refractivity contribution in [1.29, 1.82) is 0 Å². The molecule has 0 saturated carbocycles. The molecule has 0 fully saturated rings. The summed E-state index contributed by atoms with van der Waals surface area (Å²) in [6.45, 7) is 2.05. The van der Waals surface area contributed by atoms with Crippen LogP contribution in [0.3, 0.4) is 0 Å². The van der Waals surface area contributed by atoms with E-state index in [1.54, 1.807) is 0 Å². The Kier molecular flexibility index (Phi) is 4.38. The normalized spacial score (nSPS) is 10.8. The molecular weight excluding hydrogens is 284 g/mol. The van der Waals surface area contributed by atoms with Crippen LogP contribution in [0.4, 0.5) is 5.82 Å². The third kappa shape index (κ3) is 3.39. The van der Waals surface area contributed by atoms with Gasteiger partial charge in [-0.3, -0.25) is 4.79 Å². The van der Waals surface area contributed by atoms with Gasteiger partial charge in [0.05, 0.1) is 5.52 Å². The van der Waals surface area contributed by atoms with Crippen molar-refractivity contribution < 1.29 is 4.79 Å². The SMILES string of the molecule is CCc1cc2cc(C(=O)CCc3ccccc3)ccc2nc1N. The first kappa shape index (κ1) is 15.2. The molecule has 3 nitrogen and oxygen atoms in total. The summed E-state index contributed by atoms with van der Waals surface area (Å²) < 4.78 is 0. The van der Waals surface area contributed by atoms with Crippen LogP contribution in [0.1, 0.15) is 34.8 Å². The molecule has 0 bridgehead atoms. The highest BCUT2D eigenvalue weighted by atomic mass is 16.1. The van der Waals surface area contributed by atoms with Crippen LogP contribution in [-0.2, 0) is 12.8 Å². The molecule has 116 valence electrons. The van der Waals surface area contributed by atoms with Gasteiger partial charge < -0.3 is 5.73 Å². The lowest BCUT2D eigenvalue weighted by atomic mass is 10.0. The van der Waals surface area contributed by atoms with E-state index < -0.39 is 0 Å². The largest absolute Gasteiger partial charge is 0.383 e. The Morgan fingerprint density at radius 3 is 2.61 bits per heavy atom. The van der Waals surface area contributed by atoms with E-state index in [-0.39, 0.29) is 5.78 Å². The first-order valence-corrected chi connectivity index (χ1v) is 7.93. The van der Waals surface area contributed by atoms with E-state index in [1.807, 2.05) is 61.5 Å². The molecule has 23 heavy (non-hydrogen) atoms. The van der Waals surface area contributed by atoms with Gasteiger partial charge in [-0.25, -0.2) is 4.98 Å². The van der Waals surface area contributed by atoms with Crippen LogP contribution in [-0.4, -0.2) is 10.8 Å². The Morgan fingerprint density at radius 1 is 1.09 bits per heavy atom. The number of nitrogen functional groups attached to an aromatic ring is 1. The van der Waals surface area contributed by atoms with Crippen molar-refractivity contribution in [1.82, 2.24) is 4.98 Å². The van der Waals surface area contributed by atoms with E-state index in [4.69, 9.17) is 5.73 Å². The van der Waals surface area contributed by atoms with E-state index in [2.05, 4.69) is 4.98 Å². The smallest absolute Gasteiger partial charge is 0.163 e. The molecule has 3 rings (SSSR count). The summed E-state index contributed by atoms with van der Waals surface area (Å²) in [5.41, 5.74) is 9.70. The van der Waals surface area contributed by atoms with Crippen LogP contribution in [0.25, 0.3) is 10.9 Å². The summed E-state index contributed by atoms with van der Waals surface area (Å²) in [6, 6.07) is 17.8. The molecule has 0 saturated heterocycles. The molecule has 3 aromatic rings. The van der Waals surface area contributed by atoms with Gasteiger partial charge in [0.25, 0.3) is 0 Å². The van der Waals surface area contributed by atoms with Crippen molar-refractivity contribution in [2.75, 3.05) is 5.73 Å². The van der Waals surface area contributed by atoms with Crippen LogP contribution in [0.5, 0.6) is 0 Å². The lowest BCUT2D eigenvalue weighted by molar-refractivity contribution is 0.0983. The molecule has 0 radical (unpaired) electrons. The second-order valence-electron chi connectivity index (χ2n) is 5.70. The summed E-state index contributed by atoms with van der Waals surface area (Å²) >= 11 is 0. The molecular formula is C20H20N2O. The fourth-order valence-corrected chi connectivity index (χ4v) is 2.74. The van der Waals surface area contributed by atoms with Crippen molar-refractivity contribution in [3.63, 3.8) is 0 Å². The Morgan fingerprint density at radius 2 is 1.87 bits per heavy atom. The zero-order valence-corrected chi connectivity index (χ0v) is 13.3. The van der Waals surface area contributed by atoms with Gasteiger partial charge in [0.2, 0.25) is 0 Å². The van der Waals surface area contributed by atoms with Crippen molar-refractivity contribution in [2.24, 2.45) is 0 Å². The van der Waals surface area contributed by atoms with Gasteiger partial charge >= 0.3 is 0 Å². The van der Waals surface area contributed by atoms with Gasteiger partial charge in [-0.05, 0) is 48.2 Å². The topological polar surface area (TPSA) is 56.0 Å². The van der Waals surface area contributed by atoms with E-state index in [0.29, 0.717) is 12.2 Å². The molecule has 0 atom stereocenters. The number of benzene rings is 2. The lowest BCUT2D eigenvalue weighted by Gasteiger charge is -2.07. The van der Waals surface area contributed by atoms with Gasteiger partial charge in [0.1, 0.15) is 5.82 Å².